The molecule has 0 aliphatic carbocycles. The summed E-state index contributed by atoms with van der Waals surface area (Å²) in [6.07, 6.45) is -4.45. The minimum absolute atomic E-state index is 0.184. The zero-order valence-electron chi connectivity index (χ0n) is 14.6. The second kappa shape index (κ2) is 7.60. The monoisotopic (exact) mass is 392 g/mol. The number of nitrogens with one attached hydrogen (secondary N) is 1. The lowest BCUT2D eigenvalue weighted by atomic mass is 9.81. The highest BCUT2D eigenvalue weighted by Gasteiger charge is 2.42. The van der Waals surface area contributed by atoms with E-state index >= 15 is 0 Å². The maximum atomic E-state index is 13.4. The van der Waals surface area contributed by atoms with Gasteiger partial charge in [-0.15, -0.1) is 0 Å². The Morgan fingerprint density at radius 2 is 1.93 bits per heavy atom. The van der Waals surface area contributed by atoms with Crippen molar-refractivity contribution >= 4 is 5.91 Å². The molecule has 0 unspecified atom stereocenters. The van der Waals surface area contributed by atoms with Crippen LogP contribution < -0.4 is 5.32 Å². The summed E-state index contributed by atoms with van der Waals surface area (Å²) in [6, 6.07) is 12.8. The van der Waals surface area contributed by atoms with Gasteiger partial charge in [-0.25, -0.2) is 4.39 Å². The molecule has 146 valence electrons. The van der Waals surface area contributed by atoms with Crippen molar-refractivity contribution in [3.63, 3.8) is 0 Å². The number of carbonyl (C=O) groups is 1. The number of nitrogens with zero attached hydrogens (tertiary/aromatic N) is 1. The highest BCUT2D eigenvalue weighted by Crippen LogP contribution is 2.45. The van der Waals surface area contributed by atoms with Crippen molar-refractivity contribution in [1.82, 2.24) is 5.32 Å². The van der Waals surface area contributed by atoms with Crippen LogP contribution in [-0.2, 0) is 21.7 Å². The molecule has 2 aromatic carbocycles. The summed E-state index contributed by atoms with van der Waals surface area (Å²) < 4.78 is 56.4. The van der Waals surface area contributed by atoms with E-state index in [9.17, 15) is 22.4 Å². The van der Waals surface area contributed by atoms with E-state index in [2.05, 4.69) is 6.07 Å². The van der Waals surface area contributed by atoms with E-state index in [-0.39, 0.29) is 26.0 Å². The number of alkyl halides is 3. The lowest BCUT2D eigenvalue weighted by Crippen LogP contribution is -2.38. The van der Waals surface area contributed by atoms with Crippen LogP contribution >= 0.6 is 0 Å². The largest absolute Gasteiger partial charge is 0.471 e. The molecule has 2 aromatic rings. The number of hydrogen-bond donors (Lipinski definition) is 1. The van der Waals surface area contributed by atoms with Crippen molar-refractivity contribution in [3.8, 4) is 6.07 Å². The quantitative estimate of drug-likeness (QED) is 0.620. The Labute approximate surface area is 158 Å². The zero-order chi connectivity index (χ0) is 20.4. The first-order valence-electron chi connectivity index (χ1n) is 8.55. The lowest BCUT2D eigenvalue weighted by Gasteiger charge is -2.30. The third kappa shape index (κ3) is 3.85. The van der Waals surface area contributed by atoms with Crippen LogP contribution in [0.3, 0.4) is 0 Å². The molecule has 0 aromatic heterocycles. The highest BCUT2D eigenvalue weighted by molar-refractivity contribution is 5.81. The topological polar surface area (TPSA) is 62.1 Å². The minimum Gasteiger partial charge on any atom is -0.361 e. The summed E-state index contributed by atoms with van der Waals surface area (Å²) >= 11 is 0. The number of benzene rings is 2. The molecular weight excluding hydrogens is 376 g/mol. The normalized spacial score (nSPS) is 18.4. The maximum absolute atomic E-state index is 13.4. The number of ether oxygens (including phenoxy) is 1. The predicted octanol–water partition coefficient (Wildman–Crippen LogP) is 3.93. The molecule has 3 rings (SSSR count). The maximum Gasteiger partial charge on any atom is 0.471 e. The van der Waals surface area contributed by atoms with Crippen molar-refractivity contribution < 1.29 is 27.1 Å². The first kappa shape index (κ1) is 19.8. The van der Waals surface area contributed by atoms with E-state index < -0.39 is 23.5 Å². The van der Waals surface area contributed by atoms with E-state index in [0.29, 0.717) is 11.1 Å². The van der Waals surface area contributed by atoms with Gasteiger partial charge >= 0.3 is 12.1 Å². The van der Waals surface area contributed by atoms with Gasteiger partial charge in [-0.3, -0.25) is 4.79 Å². The Hall–Kier alpha value is -2.92. The van der Waals surface area contributed by atoms with Crippen LogP contribution in [0.5, 0.6) is 0 Å². The number of halogens is 4. The Morgan fingerprint density at radius 3 is 2.57 bits per heavy atom. The van der Waals surface area contributed by atoms with E-state index in [0.717, 1.165) is 11.1 Å². The number of rotatable bonds is 5. The number of carbonyl (C=O) groups excluding carboxylic acids is 1. The van der Waals surface area contributed by atoms with Gasteiger partial charge in [0.2, 0.25) is 0 Å². The molecule has 1 heterocycles. The average Bonchev–Trinajstić information content (AvgIpc) is 3.03. The molecule has 0 saturated heterocycles. The van der Waals surface area contributed by atoms with Crippen LogP contribution in [0.2, 0.25) is 0 Å². The van der Waals surface area contributed by atoms with Crippen molar-refractivity contribution in [3.05, 3.63) is 70.5 Å². The Kier molecular flexibility index (Phi) is 5.38. The summed E-state index contributed by atoms with van der Waals surface area (Å²) in [4.78, 5) is 11.0. The second-order valence-corrected chi connectivity index (χ2v) is 6.46. The zero-order valence-corrected chi connectivity index (χ0v) is 14.6. The summed E-state index contributed by atoms with van der Waals surface area (Å²) in [6.45, 7) is 0.0351. The number of hydrogen-bond acceptors (Lipinski definition) is 3. The van der Waals surface area contributed by atoms with E-state index in [1.807, 2.05) is 5.32 Å². The molecule has 0 fully saturated rings. The van der Waals surface area contributed by atoms with Crippen molar-refractivity contribution in [1.29, 1.82) is 5.26 Å². The van der Waals surface area contributed by atoms with Crippen molar-refractivity contribution in [2.75, 3.05) is 6.54 Å². The fourth-order valence-electron chi connectivity index (χ4n) is 3.40. The van der Waals surface area contributed by atoms with Gasteiger partial charge in [-0.1, -0.05) is 18.2 Å². The van der Waals surface area contributed by atoms with Gasteiger partial charge < -0.3 is 10.1 Å². The second-order valence-electron chi connectivity index (χ2n) is 6.46. The summed E-state index contributed by atoms with van der Waals surface area (Å²) in [5.41, 5.74) is 1.71. The molecule has 1 atom stereocenters. The molecule has 1 amide bonds. The predicted molar refractivity (Wildman–Crippen MR) is 91.4 cm³/mol. The SMILES string of the molecule is N#Cc1ccc2c(c1)CO[C@@]2(CCCNC(=O)C(F)(F)F)c1ccc(F)cc1. The third-order valence-electron chi connectivity index (χ3n) is 4.70. The van der Waals surface area contributed by atoms with Gasteiger partial charge in [0.25, 0.3) is 0 Å². The van der Waals surface area contributed by atoms with Gasteiger partial charge in [-0.2, -0.15) is 18.4 Å². The summed E-state index contributed by atoms with van der Waals surface area (Å²) in [7, 11) is 0. The van der Waals surface area contributed by atoms with Crippen molar-refractivity contribution in [2.24, 2.45) is 0 Å². The number of fused-ring (bicyclic) bond motifs is 1. The molecule has 1 aliphatic rings. The molecule has 0 bridgehead atoms. The van der Waals surface area contributed by atoms with Crippen LogP contribution in [0.1, 0.15) is 35.1 Å². The van der Waals surface area contributed by atoms with Crippen LogP contribution in [0, 0.1) is 17.1 Å². The van der Waals surface area contributed by atoms with E-state index in [4.69, 9.17) is 10.00 Å². The first-order valence-corrected chi connectivity index (χ1v) is 8.55. The number of amides is 1. The molecule has 1 aliphatic heterocycles. The Balaban J connectivity index is 1.85. The summed E-state index contributed by atoms with van der Waals surface area (Å²) in [5, 5.41) is 10.9. The van der Waals surface area contributed by atoms with Crippen LogP contribution in [0.15, 0.2) is 42.5 Å². The Bertz CT molecular complexity index is 919. The number of nitriles is 1. The molecule has 0 saturated carbocycles. The smallest absolute Gasteiger partial charge is 0.361 e. The fraction of sp³-hybridized carbons (Fsp3) is 0.300. The Morgan fingerprint density at radius 1 is 1.21 bits per heavy atom. The van der Waals surface area contributed by atoms with Gasteiger partial charge in [0.1, 0.15) is 11.4 Å². The molecule has 28 heavy (non-hydrogen) atoms. The molecule has 1 N–H and O–H groups in total. The van der Waals surface area contributed by atoms with E-state index in [1.54, 1.807) is 30.3 Å². The van der Waals surface area contributed by atoms with Crippen LogP contribution in [-0.4, -0.2) is 18.6 Å². The fourth-order valence-corrected chi connectivity index (χ4v) is 3.40. The van der Waals surface area contributed by atoms with Crippen LogP contribution in [0.25, 0.3) is 0 Å². The van der Waals surface area contributed by atoms with Crippen LogP contribution in [0.4, 0.5) is 17.6 Å². The van der Waals surface area contributed by atoms with Gasteiger partial charge in [0.05, 0.1) is 18.2 Å². The molecule has 4 nitrogen and oxygen atoms in total. The van der Waals surface area contributed by atoms with Gasteiger partial charge in [0, 0.05) is 6.54 Å². The molecule has 8 heteroatoms. The molecule has 0 radical (unpaired) electrons. The average molecular weight is 392 g/mol. The highest BCUT2D eigenvalue weighted by atomic mass is 19.4. The van der Waals surface area contributed by atoms with Crippen molar-refractivity contribution in [2.45, 2.75) is 31.2 Å². The molecule has 0 spiro atoms. The lowest BCUT2D eigenvalue weighted by molar-refractivity contribution is -0.173. The minimum atomic E-state index is -4.93. The van der Waals surface area contributed by atoms with Gasteiger partial charge in [-0.05, 0) is 53.8 Å². The van der Waals surface area contributed by atoms with E-state index in [1.165, 1.54) is 12.1 Å². The molecular formula is C20H16F4N2O2. The first-order chi connectivity index (χ1) is 13.3. The summed E-state index contributed by atoms with van der Waals surface area (Å²) in [5.74, 6) is -2.41. The third-order valence-corrected chi connectivity index (χ3v) is 4.70. The standard InChI is InChI=1S/C20H16F4N2O2/c21-16-5-3-15(4-6-16)19(8-1-9-26-18(27)20(22,23)24)17-7-2-13(11-25)10-14(17)12-28-19/h2-7,10H,1,8-9,12H2,(H,26,27)/t19-/m0/s1. The van der Waals surface area contributed by atoms with Gasteiger partial charge in [0.15, 0.2) is 0 Å².